The van der Waals surface area contributed by atoms with Gasteiger partial charge in [0.2, 0.25) is 0 Å². The minimum absolute atomic E-state index is 0.0597. The lowest BCUT2D eigenvalue weighted by Crippen LogP contribution is -2.39. The lowest BCUT2D eigenvalue weighted by molar-refractivity contribution is 0.0798. The van der Waals surface area contributed by atoms with E-state index in [1.165, 1.54) is 0 Å². The number of methoxy groups -OCH3 is 1. The van der Waals surface area contributed by atoms with E-state index in [-0.39, 0.29) is 11.7 Å². The molecule has 0 unspecified atom stereocenters. The molecule has 1 aliphatic heterocycles. The highest BCUT2D eigenvalue weighted by Crippen LogP contribution is 2.22. The predicted octanol–water partition coefficient (Wildman–Crippen LogP) is 2.02. The zero-order valence-corrected chi connectivity index (χ0v) is 12.9. The van der Waals surface area contributed by atoms with Gasteiger partial charge in [-0.05, 0) is 42.5 Å². The summed E-state index contributed by atoms with van der Waals surface area (Å²) in [6.07, 6.45) is 3.97. The van der Waals surface area contributed by atoms with Gasteiger partial charge < -0.3 is 19.4 Å². The Bertz CT molecular complexity index is 675. The average Bonchev–Trinajstić information content (AvgIpc) is 2.54. The number of aromatic nitrogens is 1. The van der Waals surface area contributed by atoms with Gasteiger partial charge in [-0.25, -0.2) is 0 Å². The summed E-state index contributed by atoms with van der Waals surface area (Å²) >= 11 is 0. The van der Waals surface area contributed by atoms with Crippen LogP contribution in [0.2, 0.25) is 0 Å². The second kappa shape index (κ2) is 6.94. The van der Waals surface area contributed by atoms with Gasteiger partial charge in [0.05, 0.1) is 6.61 Å². The first-order valence-electron chi connectivity index (χ1n) is 7.75. The number of hydrogen-bond donors (Lipinski definition) is 1. The first-order chi connectivity index (χ1) is 10.8. The molecule has 5 heteroatoms. The maximum Gasteiger partial charge on any atom is 0.255 e. The lowest BCUT2D eigenvalue weighted by Gasteiger charge is -2.31. The summed E-state index contributed by atoms with van der Waals surface area (Å²) in [6.45, 7) is 3.86. The van der Waals surface area contributed by atoms with Gasteiger partial charge in [-0.2, -0.15) is 0 Å². The largest absolute Gasteiger partial charge is 0.490 e. The van der Waals surface area contributed by atoms with E-state index in [2.05, 4.69) is 9.88 Å². The molecule has 0 spiro atoms. The fourth-order valence-corrected chi connectivity index (χ4v) is 2.91. The molecule has 1 fully saturated rings. The van der Waals surface area contributed by atoms with Crippen molar-refractivity contribution in [2.45, 2.75) is 18.9 Å². The van der Waals surface area contributed by atoms with Crippen LogP contribution in [0.4, 0.5) is 0 Å². The smallest absolute Gasteiger partial charge is 0.255 e. The van der Waals surface area contributed by atoms with Gasteiger partial charge in [-0.1, -0.05) is 0 Å². The number of pyridine rings is 1. The van der Waals surface area contributed by atoms with Crippen LogP contribution in [0.5, 0.6) is 5.75 Å². The maximum absolute atomic E-state index is 11.7. The van der Waals surface area contributed by atoms with E-state index in [1.807, 2.05) is 24.3 Å². The van der Waals surface area contributed by atoms with Crippen LogP contribution in [0.1, 0.15) is 12.8 Å². The number of benzene rings is 1. The van der Waals surface area contributed by atoms with E-state index in [9.17, 15) is 4.79 Å². The monoisotopic (exact) mass is 302 g/mol. The zero-order valence-electron chi connectivity index (χ0n) is 12.9. The Kier molecular flexibility index (Phi) is 4.75. The van der Waals surface area contributed by atoms with E-state index in [0.717, 1.165) is 50.2 Å². The lowest BCUT2D eigenvalue weighted by atomic mass is 10.1. The Morgan fingerprint density at radius 3 is 2.86 bits per heavy atom. The Morgan fingerprint density at radius 1 is 1.27 bits per heavy atom. The molecule has 0 amide bonds. The summed E-state index contributed by atoms with van der Waals surface area (Å²) in [6, 6.07) is 7.56. The minimum atomic E-state index is -0.0597. The summed E-state index contributed by atoms with van der Waals surface area (Å²) in [5.41, 5.74) is -0.0597. The van der Waals surface area contributed by atoms with Gasteiger partial charge in [0.1, 0.15) is 11.9 Å². The number of aromatic amines is 1. The van der Waals surface area contributed by atoms with Crippen LogP contribution in [0.25, 0.3) is 10.8 Å². The van der Waals surface area contributed by atoms with Crippen LogP contribution in [0.3, 0.4) is 0 Å². The molecule has 1 aromatic heterocycles. The molecule has 0 bridgehead atoms. The van der Waals surface area contributed by atoms with Crippen LogP contribution in [0.15, 0.2) is 35.3 Å². The number of nitrogens with zero attached hydrogens (tertiary/aromatic N) is 1. The summed E-state index contributed by atoms with van der Waals surface area (Å²) in [7, 11) is 1.74. The molecule has 1 saturated heterocycles. The molecule has 5 nitrogen and oxygen atoms in total. The molecule has 1 aromatic carbocycles. The Labute approximate surface area is 129 Å². The molecule has 1 aliphatic rings. The number of ether oxygens (including phenoxy) is 2. The topological polar surface area (TPSA) is 54.6 Å². The number of hydrogen-bond acceptors (Lipinski definition) is 4. The fourth-order valence-electron chi connectivity index (χ4n) is 2.91. The van der Waals surface area contributed by atoms with E-state index in [4.69, 9.17) is 9.47 Å². The first kappa shape index (κ1) is 15.1. The average molecular weight is 302 g/mol. The Hall–Kier alpha value is -1.85. The second-order valence-electron chi connectivity index (χ2n) is 5.71. The van der Waals surface area contributed by atoms with Gasteiger partial charge in [-0.3, -0.25) is 4.79 Å². The van der Waals surface area contributed by atoms with Crippen molar-refractivity contribution in [3.63, 3.8) is 0 Å². The van der Waals surface area contributed by atoms with Crippen LogP contribution in [0, 0.1) is 0 Å². The predicted molar refractivity (Wildman–Crippen MR) is 86.5 cm³/mol. The molecule has 0 saturated carbocycles. The molecule has 2 aromatic rings. The SMILES string of the molecule is COCCN1CCC(Oc2ccc3c(=O)[nH]ccc3c2)CC1. The number of rotatable bonds is 5. The molecule has 0 aliphatic carbocycles. The highest BCUT2D eigenvalue weighted by molar-refractivity contribution is 5.82. The normalized spacial score (nSPS) is 17.0. The van der Waals surface area contributed by atoms with Crippen molar-refractivity contribution in [3.8, 4) is 5.75 Å². The van der Waals surface area contributed by atoms with Crippen molar-refractivity contribution < 1.29 is 9.47 Å². The van der Waals surface area contributed by atoms with Crippen molar-refractivity contribution in [1.82, 2.24) is 9.88 Å². The molecule has 0 radical (unpaired) electrons. The third-order valence-corrected chi connectivity index (χ3v) is 4.19. The molecule has 3 rings (SSSR count). The second-order valence-corrected chi connectivity index (χ2v) is 5.71. The van der Waals surface area contributed by atoms with E-state index in [0.29, 0.717) is 5.39 Å². The van der Waals surface area contributed by atoms with Crippen LogP contribution >= 0.6 is 0 Å². The van der Waals surface area contributed by atoms with E-state index in [1.54, 1.807) is 13.3 Å². The molecular weight excluding hydrogens is 280 g/mol. The molecule has 0 atom stereocenters. The number of fused-ring (bicyclic) bond motifs is 1. The van der Waals surface area contributed by atoms with Crippen molar-refractivity contribution in [1.29, 1.82) is 0 Å². The number of H-pyrrole nitrogens is 1. The quantitative estimate of drug-likeness (QED) is 0.918. The maximum atomic E-state index is 11.7. The van der Waals surface area contributed by atoms with Gasteiger partial charge in [0, 0.05) is 38.3 Å². The van der Waals surface area contributed by atoms with Crippen molar-refractivity contribution in [3.05, 3.63) is 40.8 Å². The highest BCUT2D eigenvalue weighted by Gasteiger charge is 2.20. The molecule has 22 heavy (non-hydrogen) atoms. The summed E-state index contributed by atoms with van der Waals surface area (Å²) in [4.78, 5) is 16.8. The standard InChI is InChI=1S/C17H22N2O3/c1-21-11-10-19-8-5-14(6-9-19)22-15-2-3-16-13(12-15)4-7-18-17(16)20/h2-4,7,12,14H,5-6,8-11H2,1H3,(H,18,20). The first-order valence-corrected chi connectivity index (χ1v) is 7.75. The molecule has 118 valence electrons. The van der Waals surface area contributed by atoms with Gasteiger partial charge in [0.25, 0.3) is 5.56 Å². The van der Waals surface area contributed by atoms with Crippen LogP contribution in [-0.2, 0) is 4.74 Å². The third-order valence-electron chi connectivity index (χ3n) is 4.19. The number of piperidine rings is 1. The fraction of sp³-hybridized carbons (Fsp3) is 0.471. The number of likely N-dealkylation sites (tertiary alicyclic amines) is 1. The van der Waals surface area contributed by atoms with Crippen molar-refractivity contribution in [2.24, 2.45) is 0 Å². The highest BCUT2D eigenvalue weighted by atomic mass is 16.5. The van der Waals surface area contributed by atoms with Crippen molar-refractivity contribution in [2.75, 3.05) is 33.4 Å². The van der Waals surface area contributed by atoms with Gasteiger partial charge in [0.15, 0.2) is 0 Å². The minimum Gasteiger partial charge on any atom is -0.490 e. The van der Waals surface area contributed by atoms with E-state index >= 15 is 0 Å². The van der Waals surface area contributed by atoms with Crippen LogP contribution < -0.4 is 10.3 Å². The van der Waals surface area contributed by atoms with E-state index < -0.39 is 0 Å². The van der Waals surface area contributed by atoms with Gasteiger partial charge >= 0.3 is 0 Å². The Morgan fingerprint density at radius 2 is 2.09 bits per heavy atom. The summed E-state index contributed by atoms with van der Waals surface area (Å²) in [5.74, 6) is 0.841. The summed E-state index contributed by atoms with van der Waals surface area (Å²) < 4.78 is 11.2. The van der Waals surface area contributed by atoms with Crippen LogP contribution in [-0.4, -0.2) is 49.3 Å². The Balaban J connectivity index is 1.61. The third kappa shape index (κ3) is 3.48. The zero-order chi connectivity index (χ0) is 15.4. The van der Waals surface area contributed by atoms with Crippen molar-refractivity contribution >= 4 is 10.8 Å². The number of nitrogens with one attached hydrogen (secondary N) is 1. The van der Waals surface area contributed by atoms with Gasteiger partial charge in [-0.15, -0.1) is 0 Å². The molecular formula is C17H22N2O3. The molecule has 1 N–H and O–H groups in total. The summed E-state index contributed by atoms with van der Waals surface area (Å²) in [5, 5.41) is 1.61. The molecule has 2 heterocycles.